The molecule has 0 saturated heterocycles. The first-order valence-electron chi connectivity index (χ1n) is 10.8. The van der Waals surface area contributed by atoms with Crippen LogP contribution < -0.4 is 9.64 Å². The second-order valence-electron chi connectivity index (χ2n) is 8.16. The van der Waals surface area contributed by atoms with Gasteiger partial charge in [-0.3, -0.25) is 14.2 Å². The largest absolute Gasteiger partial charge is 0.497 e. The van der Waals surface area contributed by atoms with Crippen LogP contribution in [0.3, 0.4) is 0 Å². The Morgan fingerprint density at radius 2 is 1.81 bits per heavy atom. The van der Waals surface area contributed by atoms with Gasteiger partial charge in [-0.1, -0.05) is 18.2 Å². The summed E-state index contributed by atoms with van der Waals surface area (Å²) in [5.41, 5.74) is 4.72. The van der Waals surface area contributed by atoms with Crippen LogP contribution in [-0.4, -0.2) is 42.2 Å². The summed E-state index contributed by atoms with van der Waals surface area (Å²) in [5.74, 6) is 0.533. The number of aromatic nitrogens is 2. The third kappa shape index (κ3) is 3.34. The zero-order chi connectivity index (χ0) is 22.2. The monoisotopic (exact) mass is 431 g/mol. The number of imidazole rings is 1. The van der Waals surface area contributed by atoms with Crippen LogP contribution in [0, 0.1) is 5.92 Å². The van der Waals surface area contributed by atoms with Crippen molar-refractivity contribution in [1.29, 1.82) is 0 Å². The molecule has 1 atom stereocenters. The minimum absolute atomic E-state index is 0.130. The predicted molar refractivity (Wildman–Crippen MR) is 119 cm³/mol. The highest BCUT2D eigenvalue weighted by Crippen LogP contribution is 2.33. The Labute approximate surface area is 186 Å². The van der Waals surface area contributed by atoms with Crippen molar-refractivity contribution in [2.45, 2.75) is 25.7 Å². The second-order valence-corrected chi connectivity index (χ2v) is 8.16. The van der Waals surface area contributed by atoms with E-state index in [0.29, 0.717) is 31.6 Å². The standard InChI is InChI=1S/C25H25N3O4/c1-31-19-10-8-18(9-11-19)28-22-12-7-17(25(30)32-2)15-20(22)26-23(28)24(29)27-14-13-16-5-3-4-6-21(16)27/h3-6,8-11,17H,7,12-15H2,1-2H3. The maximum Gasteiger partial charge on any atom is 0.309 e. The molecule has 0 bridgehead atoms. The number of carbonyl (C=O) groups is 2. The SMILES string of the molecule is COC(=O)C1CCc2c(nc(C(=O)N3CCc4ccccc43)n2-c2ccc(OC)cc2)C1. The zero-order valence-corrected chi connectivity index (χ0v) is 18.2. The molecule has 7 nitrogen and oxygen atoms in total. The summed E-state index contributed by atoms with van der Waals surface area (Å²) in [6, 6.07) is 15.6. The Bertz CT molecular complexity index is 1180. The van der Waals surface area contributed by atoms with Gasteiger partial charge in [-0.25, -0.2) is 4.98 Å². The molecule has 1 unspecified atom stereocenters. The van der Waals surface area contributed by atoms with Crippen molar-refractivity contribution >= 4 is 17.6 Å². The van der Waals surface area contributed by atoms with E-state index in [1.54, 1.807) is 12.0 Å². The first kappa shape index (κ1) is 20.3. The number of fused-ring (bicyclic) bond motifs is 2. The number of ether oxygens (including phenoxy) is 2. The third-order valence-corrected chi connectivity index (χ3v) is 6.41. The molecule has 0 fully saturated rings. The summed E-state index contributed by atoms with van der Waals surface area (Å²) in [6.45, 7) is 0.628. The summed E-state index contributed by atoms with van der Waals surface area (Å²) >= 11 is 0. The Kier molecular flexibility index (Phi) is 5.17. The van der Waals surface area contributed by atoms with Crippen LogP contribution in [0.25, 0.3) is 5.69 Å². The molecule has 3 aromatic rings. The van der Waals surface area contributed by atoms with Gasteiger partial charge in [0.05, 0.1) is 25.8 Å². The summed E-state index contributed by atoms with van der Waals surface area (Å²) < 4.78 is 12.2. The normalized spacial score (nSPS) is 16.9. The Hall–Kier alpha value is -3.61. The van der Waals surface area contributed by atoms with Crippen LogP contribution in [0.2, 0.25) is 0 Å². The molecule has 1 amide bonds. The lowest BCUT2D eigenvalue weighted by molar-refractivity contribution is -0.145. The minimum Gasteiger partial charge on any atom is -0.497 e. The second kappa shape index (κ2) is 8.15. The first-order valence-corrected chi connectivity index (χ1v) is 10.8. The lowest BCUT2D eigenvalue weighted by Crippen LogP contribution is -2.31. The average Bonchev–Trinajstić information content (AvgIpc) is 3.44. The molecule has 32 heavy (non-hydrogen) atoms. The van der Waals surface area contributed by atoms with Gasteiger partial charge < -0.3 is 14.4 Å². The molecule has 1 aromatic heterocycles. The van der Waals surface area contributed by atoms with E-state index in [2.05, 4.69) is 6.07 Å². The van der Waals surface area contributed by atoms with Gasteiger partial charge in [0.2, 0.25) is 5.82 Å². The highest BCUT2D eigenvalue weighted by atomic mass is 16.5. The van der Waals surface area contributed by atoms with Gasteiger partial charge in [-0.15, -0.1) is 0 Å². The number of hydrogen-bond donors (Lipinski definition) is 0. The van der Waals surface area contributed by atoms with E-state index < -0.39 is 0 Å². The molecule has 0 saturated carbocycles. The Balaban J connectivity index is 1.59. The van der Waals surface area contributed by atoms with Gasteiger partial charge in [0.1, 0.15) is 5.75 Å². The molecule has 0 radical (unpaired) electrons. The number of rotatable bonds is 4. The van der Waals surface area contributed by atoms with E-state index in [4.69, 9.17) is 14.5 Å². The minimum atomic E-state index is -0.234. The highest BCUT2D eigenvalue weighted by Gasteiger charge is 2.35. The number of hydrogen-bond acceptors (Lipinski definition) is 5. The van der Waals surface area contributed by atoms with Gasteiger partial charge in [0.25, 0.3) is 5.91 Å². The number of anilines is 1. The molecular formula is C25H25N3O4. The fraction of sp³-hybridized carbons (Fsp3) is 0.320. The van der Waals surface area contributed by atoms with E-state index in [0.717, 1.165) is 34.9 Å². The van der Waals surface area contributed by atoms with Gasteiger partial charge in [0.15, 0.2) is 0 Å². The smallest absolute Gasteiger partial charge is 0.309 e. The number of amides is 1. The van der Waals surface area contributed by atoms with E-state index in [-0.39, 0.29) is 17.8 Å². The number of benzene rings is 2. The number of para-hydroxylation sites is 1. The van der Waals surface area contributed by atoms with Crippen LogP contribution in [0.1, 0.15) is 34.0 Å². The Morgan fingerprint density at radius 3 is 2.56 bits per heavy atom. The predicted octanol–water partition coefficient (Wildman–Crippen LogP) is 3.36. The first-order chi connectivity index (χ1) is 15.6. The van der Waals surface area contributed by atoms with Crippen LogP contribution in [-0.2, 0) is 28.8 Å². The number of carbonyl (C=O) groups excluding carboxylic acids is 2. The van der Waals surface area contributed by atoms with Gasteiger partial charge in [0, 0.05) is 30.0 Å². The number of esters is 1. The lowest BCUT2D eigenvalue weighted by Gasteiger charge is -2.21. The summed E-state index contributed by atoms with van der Waals surface area (Å²) in [4.78, 5) is 32.5. The molecule has 5 rings (SSSR count). The van der Waals surface area contributed by atoms with Crippen molar-refractivity contribution in [2.75, 3.05) is 25.7 Å². The van der Waals surface area contributed by atoms with Crippen LogP contribution >= 0.6 is 0 Å². The van der Waals surface area contributed by atoms with Gasteiger partial charge >= 0.3 is 5.97 Å². The molecule has 7 heteroatoms. The zero-order valence-electron chi connectivity index (χ0n) is 18.2. The van der Waals surface area contributed by atoms with Crippen LogP contribution in [0.5, 0.6) is 5.75 Å². The summed E-state index contributed by atoms with van der Waals surface area (Å²) in [5, 5.41) is 0. The molecule has 2 aromatic carbocycles. The molecule has 2 aliphatic rings. The topological polar surface area (TPSA) is 73.7 Å². The van der Waals surface area contributed by atoms with Crippen molar-refractivity contribution in [3.63, 3.8) is 0 Å². The van der Waals surface area contributed by atoms with E-state index in [1.807, 2.05) is 47.0 Å². The Morgan fingerprint density at radius 1 is 1.03 bits per heavy atom. The molecule has 0 N–H and O–H groups in total. The number of nitrogens with zero attached hydrogens (tertiary/aromatic N) is 3. The molecule has 1 aliphatic carbocycles. The quantitative estimate of drug-likeness (QED) is 0.593. The highest BCUT2D eigenvalue weighted by molar-refractivity contribution is 6.05. The average molecular weight is 431 g/mol. The van der Waals surface area contributed by atoms with Crippen molar-refractivity contribution in [3.8, 4) is 11.4 Å². The molecule has 0 spiro atoms. The van der Waals surface area contributed by atoms with Gasteiger partial charge in [-0.05, 0) is 55.2 Å². The summed E-state index contributed by atoms with van der Waals surface area (Å²) in [7, 11) is 3.04. The third-order valence-electron chi connectivity index (χ3n) is 6.41. The number of methoxy groups -OCH3 is 2. The maximum atomic E-state index is 13.7. The van der Waals surface area contributed by atoms with Crippen LogP contribution in [0.15, 0.2) is 48.5 Å². The van der Waals surface area contributed by atoms with Gasteiger partial charge in [-0.2, -0.15) is 0 Å². The van der Waals surface area contributed by atoms with Crippen molar-refractivity contribution in [2.24, 2.45) is 5.92 Å². The fourth-order valence-electron chi connectivity index (χ4n) is 4.76. The molecule has 1 aliphatic heterocycles. The summed E-state index contributed by atoms with van der Waals surface area (Å²) in [6.07, 6.45) is 2.62. The molecule has 2 heterocycles. The lowest BCUT2D eigenvalue weighted by atomic mass is 9.90. The molecule has 164 valence electrons. The van der Waals surface area contributed by atoms with Crippen molar-refractivity contribution in [1.82, 2.24) is 9.55 Å². The van der Waals surface area contributed by atoms with Crippen molar-refractivity contribution < 1.29 is 19.1 Å². The van der Waals surface area contributed by atoms with Crippen molar-refractivity contribution in [3.05, 3.63) is 71.3 Å². The van der Waals surface area contributed by atoms with E-state index in [1.165, 1.54) is 12.7 Å². The fourth-order valence-corrected chi connectivity index (χ4v) is 4.76. The maximum absolute atomic E-state index is 13.7. The van der Waals surface area contributed by atoms with E-state index in [9.17, 15) is 9.59 Å². The molecular weight excluding hydrogens is 406 g/mol. The van der Waals surface area contributed by atoms with E-state index >= 15 is 0 Å². The van der Waals surface area contributed by atoms with Crippen LogP contribution in [0.4, 0.5) is 5.69 Å².